The summed E-state index contributed by atoms with van der Waals surface area (Å²) in [6.45, 7) is 6.66. The minimum Gasteiger partial charge on any atom is -0.352 e. The maximum atomic E-state index is 11.6. The van der Waals surface area contributed by atoms with Crippen molar-refractivity contribution < 1.29 is 4.79 Å². The molecule has 1 rings (SSSR count). The Bertz CT molecular complexity index is 472. The van der Waals surface area contributed by atoms with E-state index in [-0.39, 0.29) is 11.3 Å². The van der Waals surface area contributed by atoms with E-state index in [0.29, 0.717) is 6.54 Å². The monoisotopic (exact) mass is 277 g/mol. The van der Waals surface area contributed by atoms with Crippen molar-refractivity contribution in [3.8, 4) is 0 Å². The molecule has 0 saturated carbocycles. The molecule has 0 atom stereocenters. The molecule has 0 aliphatic carbocycles. The predicted molar refractivity (Wildman–Crippen MR) is 81.4 cm³/mol. The van der Waals surface area contributed by atoms with E-state index in [1.54, 1.807) is 6.08 Å². The van der Waals surface area contributed by atoms with Crippen LogP contribution < -0.4 is 5.32 Å². The van der Waals surface area contributed by atoms with Gasteiger partial charge >= 0.3 is 0 Å². The molecule has 0 aliphatic heterocycles. The van der Waals surface area contributed by atoms with E-state index < -0.39 is 0 Å². The summed E-state index contributed by atoms with van der Waals surface area (Å²) in [5.41, 5.74) is 1.02. The highest BCUT2D eigenvalue weighted by atomic mass is 35.5. The third kappa shape index (κ3) is 5.31. The number of hydrogen-bond donors (Lipinski definition) is 1. The molecule has 3 heteroatoms. The first kappa shape index (κ1) is 15.5. The minimum absolute atomic E-state index is 0.0832. The van der Waals surface area contributed by atoms with E-state index in [1.807, 2.05) is 43.3 Å². The summed E-state index contributed by atoms with van der Waals surface area (Å²) in [6, 6.07) is 7.72. The molecular formula is C16H20ClNO. The fourth-order valence-corrected chi connectivity index (χ4v) is 1.75. The first-order chi connectivity index (χ1) is 8.95. The quantitative estimate of drug-likeness (QED) is 0.642. The van der Waals surface area contributed by atoms with Gasteiger partial charge in [-0.05, 0) is 24.6 Å². The van der Waals surface area contributed by atoms with E-state index in [1.165, 1.54) is 6.08 Å². The summed E-state index contributed by atoms with van der Waals surface area (Å²) in [5, 5.41) is 3.62. The van der Waals surface area contributed by atoms with Crippen LogP contribution in [0.15, 0.2) is 48.6 Å². The summed E-state index contributed by atoms with van der Waals surface area (Å²) in [4.78, 5) is 11.6. The molecule has 1 aromatic carbocycles. The molecule has 0 heterocycles. The van der Waals surface area contributed by atoms with Crippen molar-refractivity contribution in [3.63, 3.8) is 0 Å². The summed E-state index contributed by atoms with van der Waals surface area (Å²) in [5.74, 6) is -0.0832. The van der Waals surface area contributed by atoms with Gasteiger partial charge in [-0.25, -0.2) is 0 Å². The van der Waals surface area contributed by atoms with Crippen molar-refractivity contribution in [2.24, 2.45) is 0 Å². The van der Waals surface area contributed by atoms with E-state index in [9.17, 15) is 4.79 Å². The first-order valence-corrected chi connectivity index (χ1v) is 6.67. The average Bonchev–Trinajstić information content (AvgIpc) is 2.37. The van der Waals surface area contributed by atoms with Crippen LogP contribution >= 0.6 is 11.6 Å². The maximum absolute atomic E-state index is 11.6. The van der Waals surface area contributed by atoms with Crippen LogP contribution in [0.2, 0.25) is 5.02 Å². The maximum Gasteiger partial charge on any atom is 0.244 e. The molecular weight excluding hydrogens is 258 g/mol. The topological polar surface area (TPSA) is 29.1 Å². The van der Waals surface area contributed by atoms with Crippen LogP contribution in [-0.4, -0.2) is 12.5 Å². The van der Waals surface area contributed by atoms with Gasteiger partial charge in [-0.15, -0.1) is 0 Å². The fourth-order valence-electron chi connectivity index (χ4n) is 1.62. The van der Waals surface area contributed by atoms with Crippen LogP contribution in [0, 0.1) is 0 Å². The van der Waals surface area contributed by atoms with E-state index >= 15 is 0 Å². The molecule has 2 nitrogen and oxygen atoms in total. The van der Waals surface area contributed by atoms with Crippen molar-refractivity contribution >= 4 is 17.5 Å². The molecule has 0 unspecified atom stereocenters. The Morgan fingerprint density at radius 3 is 2.47 bits per heavy atom. The Labute approximate surface area is 120 Å². The van der Waals surface area contributed by atoms with Crippen LogP contribution in [-0.2, 0) is 10.2 Å². The highest BCUT2D eigenvalue weighted by molar-refractivity contribution is 6.30. The zero-order valence-electron chi connectivity index (χ0n) is 11.6. The normalized spacial score (nSPS) is 12.2. The number of allylic oxidation sites excluding steroid dienone is 3. The molecule has 0 aliphatic rings. The van der Waals surface area contributed by atoms with Gasteiger partial charge in [0.2, 0.25) is 5.91 Å². The molecule has 0 bridgehead atoms. The number of nitrogens with one attached hydrogen (secondary N) is 1. The zero-order chi connectivity index (χ0) is 14.3. The van der Waals surface area contributed by atoms with Crippen molar-refractivity contribution in [1.29, 1.82) is 0 Å². The highest BCUT2D eigenvalue weighted by Crippen LogP contribution is 2.23. The van der Waals surface area contributed by atoms with E-state index in [0.717, 1.165) is 10.6 Å². The molecule has 0 radical (unpaired) electrons. The van der Waals surface area contributed by atoms with Gasteiger partial charge in [-0.3, -0.25) is 4.79 Å². The second-order valence-electron chi connectivity index (χ2n) is 4.99. The molecule has 102 valence electrons. The third-order valence-electron chi connectivity index (χ3n) is 2.88. The Morgan fingerprint density at radius 1 is 1.26 bits per heavy atom. The third-order valence-corrected chi connectivity index (χ3v) is 3.13. The molecule has 1 aromatic rings. The molecule has 0 saturated heterocycles. The standard InChI is InChI=1S/C16H20ClNO/c1-4-5-6-7-15(19)18-12-16(2,3)13-8-10-14(17)11-9-13/h4-11H,12H2,1-3H3,(H,18,19)/b5-4+,7-6+. The van der Waals surface area contributed by atoms with Gasteiger partial charge in [0.25, 0.3) is 0 Å². The Morgan fingerprint density at radius 2 is 1.89 bits per heavy atom. The van der Waals surface area contributed by atoms with Crippen LogP contribution in [0.3, 0.4) is 0 Å². The number of benzene rings is 1. The van der Waals surface area contributed by atoms with Gasteiger partial charge in [-0.1, -0.05) is 55.8 Å². The lowest BCUT2D eigenvalue weighted by Crippen LogP contribution is -2.35. The van der Waals surface area contributed by atoms with Gasteiger partial charge in [-0.2, -0.15) is 0 Å². The van der Waals surface area contributed by atoms with Crippen molar-refractivity contribution in [2.45, 2.75) is 26.2 Å². The van der Waals surface area contributed by atoms with Gasteiger partial charge in [0.15, 0.2) is 0 Å². The second kappa shape index (κ2) is 7.15. The summed E-state index contributed by atoms with van der Waals surface area (Å²) in [6.07, 6.45) is 6.95. The molecule has 0 spiro atoms. The number of carbonyl (C=O) groups is 1. The lowest BCUT2D eigenvalue weighted by Gasteiger charge is -2.25. The Balaban J connectivity index is 2.60. The lowest BCUT2D eigenvalue weighted by molar-refractivity contribution is -0.116. The SMILES string of the molecule is C/C=C/C=C/C(=O)NCC(C)(C)c1ccc(Cl)cc1. The smallest absolute Gasteiger partial charge is 0.244 e. The summed E-state index contributed by atoms with van der Waals surface area (Å²) in [7, 11) is 0. The first-order valence-electron chi connectivity index (χ1n) is 6.29. The Kier molecular flexibility index (Phi) is 5.84. The number of hydrogen-bond acceptors (Lipinski definition) is 1. The largest absolute Gasteiger partial charge is 0.352 e. The molecule has 1 amide bonds. The average molecular weight is 278 g/mol. The Hall–Kier alpha value is -1.54. The van der Waals surface area contributed by atoms with Crippen molar-refractivity contribution in [3.05, 3.63) is 59.2 Å². The van der Waals surface area contributed by atoms with Crippen molar-refractivity contribution in [2.75, 3.05) is 6.54 Å². The fraction of sp³-hybridized carbons (Fsp3) is 0.312. The van der Waals surface area contributed by atoms with Crippen molar-refractivity contribution in [1.82, 2.24) is 5.32 Å². The number of carbonyl (C=O) groups excluding carboxylic acids is 1. The number of amides is 1. The summed E-state index contributed by atoms with van der Waals surface area (Å²) >= 11 is 5.87. The lowest BCUT2D eigenvalue weighted by atomic mass is 9.84. The van der Waals surface area contributed by atoms with Crippen LogP contribution in [0.1, 0.15) is 26.3 Å². The highest BCUT2D eigenvalue weighted by Gasteiger charge is 2.20. The molecule has 0 fully saturated rings. The molecule has 19 heavy (non-hydrogen) atoms. The second-order valence-corrected chi connectivity index (χ2v) is 5.43. The van der Waals surface area contributed by atoms with Crippen LogP contribution in [0.5, 0.6) is 0 Å². The number of halogens is 1. The van der Waals surface area contributed by atoms with Gasteiger partial charge in [0.05, 0.1) is 0 Å². The summed E-state index contributed by atoms with van der Waals surface area (Å²) < 4.78 is 0. The zero-order valence-corrected chi connectivity index (χ0v) is 12.4. The predicted octanol–water partition coefficient (Wildman–Crippen LogP) is 3.87. The van der Waals surface area contributed by atoms with E-state index in [4.69, 9.17) is 11.6 Å². The van der Waals surface area contributed by atoms with Crippen LogP contribution in [0.25, 0.3) is 0 Å². The van der Waals surface area contributed by atoms with E-state index in [2.05, 4.69) is 19.2 Å². The number of rotatable bonds is 5. The van der Waals surface area contributed by atoms with Crippen LogP contribution in [0.4, 0.5) is 0 Å². The van der Waals surface area contributed by atoms with Gasteiger partial charge in [0.1, 0.15) is 0 Å². The van der Waals surface area contributed by atoms with Gasteiger partial charge < -0.3 is 5.32 Å². The molecule has 1 N–H and O–H groups in total. The van der Waals surface area contributed by atoms with Gasteiger partial charge in [0, 0.05) is 23.1 Å². The minimum atomic E-state index is -0.130. The molecule has 0 aromatic heterocycles.